The fraction of sp³-hybridized carbons (Fsp3) is 0.250. The highest BCUT2D eigenvalue weighted by Gasteiger charge is 2.35. The van der Waals surface area contributed by atoms with Crippen LogP contribution in [0, 0.1) is 6.92 Å². The van der Waals surface area contributed by atoms with E-state index in [1.807, 2.05) is 35.8 Å². The molecule has 0 atom stereocenters. The van der Waals surface area contributed by atoms with Gasteiger partial charge in [0.15, 0.2) is 0 Å². The van der Waals surface area contributed by atoms with Crippen LogP contribution in [0.4, 0.5) is 4.79 Å². The van der Waals surface area contributed by atoms with Gasteiger partial charge in [-0.1, -0.05) is 18.2 Å². The summed E-state index contributed by atoms with van der Waals surface area (Å²) in [5, 5.41) is 3.41. The second-order valence-corrected chi connectivity index (χ2v) is 7.54. The molecule has 2 aromatic heterocycles. The smallest absolute Gasteiger partial charge is 0.373 e. The Labute approximate surface area is 194 Å². The highest BCUT2D eigenvalue weighted by Crippen LogP contribution is 2.29. The topological polar surface area (TPSA) is 120 Å². The molecule has 0 saturated carbocycles. The van der Waals surface area contributed by atoms with Gasteiger partial charge in [-0.15, -0.1) is 0 Å². The van der Waals surface area contributed by atoms with Gasteiger partial charge in [-0.25, -0.2) is 9.59 Å². The van der Waals surface area contributed by atoms with Crippen LogP contribution in [-0.4, -0.2) is 47.1 Å². The molecule has 3 heterocycles. The summed E-state index contributed by atoms with van der Waals surface area (Å²) < 4.78 is 16.9. The zero-order valence-electron chi connectivity index (χ0n) is 18.9. The number of fused-ring (bicyclic) bond motifs is 1. The third kappa shape index (κ3) is 4.17. The summed E-state index contributed by atoms with van der Waals surface area (Å²) in [6.07, 6.45) is 1.60. The molecule has 1 saturated heterocycles. The maximum absolute atomic E-state index is 13.0. The fourth-order valence-corrected chi connectivity index (χ4v) is 3.87. The number of nitrogens with zero attached hydrogens (tertiary/aromatic N) is 2. The first-order valence-corrected chi connectivity index (χ1v) is 10.6. The standard InChI is InChI=1S/C24H23N3O7/c1-4-33-21(28)13-26-14(2)17(16-7-5-6-8-19(16)26)11-18-22(29)27(24(31)25-18)12-15-9-10-20(34-15)23(30)32-3/h5-11H,4,12-13H2,1-3H3,(H,25,31)/b18-11-. The van der Waals surface area contributed by atoms with Gasteiger partial charge in [0, 0.05) is 22.2 Å². The minimum Gasteiger partial charge on any atom is -0.465 e. The molecular formula is C24H23N3O7. The average Bonchev–Trinajstić information content (AvgIpc) is 3.47. The summed E-state index contributed by atoms with van der Waals surface area (Å²) in [7, 11) is 1.23. The Morgan fingerprint density at radius 2 is 1.91 bits per heavy atom. The number of amides is 3. The first-order chi connectivity index (χ1) is 16.3. The number of carbonyl (C=O) groups is 4. The second kappa shape index (κ2) is 9.26. The van der Waals surface area contributed by atoms with Crippen LogP contribution < -0.4 is 5.32 Å². The van der Waals surface area contributed by atoms with Gasteiger partial charge in [0.1, 0.15) is 18.0 Å². The lowest BCUT2D eigenvalue weighted by atomic mass is 10.1. The summed E-state index contributed by atoms with van der Waals surface area (Å²) in [4.78, 5) is 50.2. The molecule has 10 nitrogen and oxygen atoms in total. The minimum atomic E-state index is -0.654. The van der Waals surface area contributed by atoms with Crippen LogP contribution in [0.2, 0.25) is 0 Å². The maximum atomic E-state index is 13.0. The van der Waals surface area contributed by atoms with Gasteiger partial charge in [-0.05, 0) is 38.1 Å². The molecule has 10 heteroatoms. The Hall–Kier alpha value is -4.34. The number of methoxy groups -OCH3 is 1. The Kier molecular flexibility index (Phi) is 6.22. The molecule has 0 unspecified atom stereocenters. The minimum absolute atomic E-state index is 0.0228. The van der Waals surface area contributed by atoms with Crippen molar-refractivity contribution in [2.45, 2.75) is 26.9 Å². The van der Waals surface area contributed by atoms with Crippen LogP contribution in [0.1, 0.15) is 34.5 Å². The van der Waals surface area contributed by atoms with Crippen LogP contribution in [0.15, 0.2) is 46.5 Å². The molecule has 1 N–H and O–H groups in total. The van der Waals surface area contributed by atoms with Crippen molar-refractivity contribution in [3.05, 3.63) is 64.9 Å². The molecular weight excluding hydrogens is 442 g/mol. The van der Waals surface area contributed by atoms with E-state index >= 15 is 0 Å². The average molecular weight is 465 g/mol. The van der Waals surface area contributed by atoms with Crippen LogP contribution in [0.3, 0.4) is 0 Å². The van der Waals surface area contributed by atoms with Gasteiger partial charge in [0.25, 0.3) is 5.91 Å². The number of urea groups is 1. The van der Waals surface area contributed by atoms with Gasteiger partial charge < -0.3 is 23.8 Å². The quantitative estimate of drug-likeness (QED) is 0.324. The van der Waals surface area contributed by atoms with Gasteiger partial charge in [0.05, 0.1) is 20.3 Å². The SMILES string of the molecule is CCOC(=O)Cn1c(C)c(/C=C2\NC(=O)N(Cc3ccc(C(=O)OC)o3)C2=O)c2ccccc21. The Bertz CT molecular complexity index is 1330. The number of carbonyl (C=O) groups excluding carboxylic acids is 4. The molecule has 0 spiro atoms. The first kappa shape index (κ1) is 22.8. The van der Waals surface area contributed by atoms with Crippen LogP contribution in [0.5, 0.6) is 0 Å². The molecule has 0 aliphatic carbocycles. The van der Waals surface area contributed by atoms with Crippen molar-refractivity contribution in [2.75, 3.05) is 13.7 Å². The van der Waals surface area contributed by atoms with E-state index in [4.69, 9.17) is 9.15 Å². The number of furan rings is 1. The molecule has 0 bridgehead atoms. The number of esters is 2. The number of aromatic nitrogens is 1. The normalized spacial score (nSPS) is 14.7. The number of benzene rings is 1. The number of rotatable bonds is 7. The number of nitrogens with one attached hydrogen (secondary N) is 1. The van der Waals surface area contributed by atoms with Crippen molar-refractivity contribution in [1.29, 1.82) is 0 Å². The summed E-state index contributed by atoms with van der Waals surface area (Å²) in [6.45, 7) is 3.73. The largest absolute Gasteiger partial charge is 0.465 e. The van der Waals surface area contributed by atoms with Crippen molar-refractivity contribution in [3.8, 4) is 0 Å². The van der Waals surface area contributed by atoms with E-state index in [-0.39, 0.29) is 42.9 Å². The Morgan fingerprint density at radius 1 is 1.15 bits per heavy atom. The van der Waals surface area contributed by atoms with Crippen molar-refractivity contribution in [2.24, 2.45) is 0 Å². The number of para-hydroxylation sites is 1. The fourth-order valence-electron chi connectivity index (χ4n) is 3.87. The van der Waals surface area contributed by atoms with E-state index < -0.39 is 17.9 Å². The monoisotopic (exact) mass is 465 g/mol. The highest BCUT2D eigenvalue weighted by atomic mass is 16.5. The van der Waals surface area contributed by atoms with Crippen LogP contribution in [0.25, 0.3) is 17.0 Å². The first-order valence-electron chi connectivity index (χ1n) is 10.6. The van der Waals surface area contributed by atoms with Gasteiger partial charge >= 0.3 is 18.0 Å². The number of hydrogen-bond donors (Lipinski definition) is 1. The molecule has 1 aliphatic rings. The van der Waals surface area contributed by atoms with Gasteiger partial charge in [-0.2, -0.15) is 0 Å². The molecule has 3 aromatic rings. The summed E-state index contributed by atoms with van der Waals surface area (Å²) >= 11 is 0. The van der Waals surface area contributed by atoms with Gasteiger partial charge in [-0.3, -0.25) is 14.5 Å². The lowest BCUT2D eigenvalue weighted by Gasteiger charge is -2.09. The van der Waals surface area contributed by atoms with Crippen molar-refractivity contribution in [3.63, 3.8) is 0 Å². The summed E-state index contributed by atoms with van der Waals surface area (Å²) in [5.74, 6) is -1.33. The zero-order chi connectivity index (χ0) is 24.4. The van der Waals surface area contributed by atoms with E-state index in [0.29, 0.717) is 5.56 Å². The number of hydrogen-bond acceptors (Lipinski definition) is 7. The van der Waals surface area contributed by atoms with Crippen molar-refractivity contribution in [1.82, 2.24) is 14.8 Å². The molecule has 3 amide bonds. The van der Waals surface area contributed by atoms with E-state index in [9.17, 15) is 19.2 Å². The molecule has 4 rings (SSSR count). The van der Waals surface area contributed by atoms with Gasteiger partial charge in [0.2, 0.25) is 5.76 Å². The van der Waals surface area contributed by atoms with Crippen LogP contribution in [-0.2, 0) is 32.2 Å². The summed E-state index contributed by atoms with van der Waals surface area (Å²) in [5.41, 5.74) is 2.35. The lowest BCUT2D eigenvalue weighted by molar-refractivity contribution is -0.143. The predicted octanol–water partition coefficient (Wildman–Crippen LogP) is 2.99. The van der Waals surface area contributed by atoms with E-state index in [2.05, 4.69) is 10.1 Å². The van der Waals surface area contributed by atoms with E-state index in [1.54, 1.807) is 13.0 Å². The Balaban J connectivity index is 1.64. The maximum Gasteiger partial charge on any atom is 0.373 e. The third-order valence-electron chi connectivity index (χ3n) is 5.49. The molecule has 34 heavy (non-hydrogen) atoms. The van der Waals surface area contributed by atoms with E-state index in [1.165, 1.54) is 19.2 Å². The number of ether oxygens (including phenoxy) is 2. The Morgan fingerprint density at radius 3 is 2.65 bits per heavy atom. The van der Waals surface area contributed by atoms with Crippen molar-refractivity contribution < 1.29 is 33.1 Å². The highest BCUT2D eigenvalue weighted by molar-refractivity contribution is 6.14. The molecule has 1 aromatic carbocycles. The van der Waals surface area contributed by atoms with E-state index in [0.717, 1.165) is 21.5 Å². The summed E-state index contributed by atoms with van der Waals surface area (Å²) in [6, 6.07) is 9.78. The van der Waals surface area contributed by atoms with Crippen LogP contribution >= 0.6 is 0 Å². The molecule has 1 fully saturated rings. The zero-order valence-corrected chi connectivity index (χ0v) is 18.9. The molecule has 1 aliphatic heterocycles. The number of imide groups is 1. The lowest BCUT2D eigenvalue weighted by Crippen LogP contribution is -2.30. The molecule has 0 radical (unpaired) electrons. The molecule has 176 valence electrons. The third-order valence-corrected chi connectivity index (χ3v) is 5.49. The van der Waals surface area contributed by atoms with Crippen molar-refractivity contribution >= 4 is 40.9 Å². The predicted molar refractivity (Wildman–Crippen MR) is 120 cm³/mol. The second-order valence-electron chi connectivity index (χ2n) is 7.54.